The largest absolute Gasteiger partial charge is 0.323 e. The second kappa shape index (κ2) is 6.76. The number of thioether (sulfide) groups is 1. The van der Waals surface area contributed by atoms with Gasteiger partial charge in [0.25, 0.3) is 0 Å². The molecule has 0 atom stereocenters. The van der Waals surface area contributed by atoms with Crippen LogP contribution in [0.25, 0.3) is 0 Å². The van der Waals surface area contributed by atoms with Crippen molar-refractivity contribution in [3.05, 3.63) is 40.9 Å². The maximum Gasteiger partial charge on any atom is 0.323 e. The Morgan fingerprint density at radius 3 is 2.65 bits per heavy atom. The quantitative estimate of drug-likeness (QED) is 0.873. The molecule has 1 N–H and O–H groups in total. The number of anilines is 1. The maximum absolute atomic E-state index is 12.0. The molecule has 0 unspecified atom stereocenters. The Hall–Kier alpha value is -1.53. The predicted octanol–water partition coefficient (Wildman–Crippen LogP) is 3.84. The van der Waals surface area contributed by atoms with E-state index in [-0.39, 0.29) is 6.03 Å². The van der Waals surface area contributed by atoms with Crippen molar-refractivity contribution in [2.45, 2.75) is 18.4 Å². The topological polar surface area (TPSA) is 45.2 Å². The number of carbonyl (C=O) groups is 1. The Morgan fingerprint density at radius 2 is 2.10 bits per heavy atom. The van der Waals surface area contributed by atoms with Crippen LogP contribution in [-0.2, 0) is 6.54 Å². The number of amides is 2. The first-order chi connectivity index (χ1) is 9.58. The number of hydrogen-bond acceptors (Lipinski definition) is 4. The number of hydrogen-bond donors (Lipinski definition) is 1. The molecule has 0 saturated carbocycles. The molecule has 1 heterocycles. The number of nitrogens with one attached hydrogen (secondary N) is 1. The van der Waals surface area contributed by atoms with E-state index in [2.05, 4.69) is 22.4 Å². The lowest BCUT2D eigenvalue weighted by Gasteiger charge is -2.17. The number of aryl methyl sites for hydroxylation is 1. The molecular weight excluding hydrogens is 290 g/mol. The summed E-state index contributed by atoms with van der Waals surface area (Å²) in [4.78, 5) is 19.1. The van der Waals surface area contributed by atoms with Gasteiger partial charge in [-0.15, -0.1) is 23.1 Å². The number of benzene rings is 1. The molecule has 2 aromatic rings. The average molecular weight is 307 g/mol. The molecule has 0 aliphatic carbocycles. The van der Waals surface area contributed by atoms with E-state index >= 15 is 0 Å². The molecule has 6 heteroatoms. The van der Waals surface area contributed by atoms with Crippen LogP contribution in [0.3, 0.4) is 0 Å². The van der Waals surface area contributed by atoms with Gasteiger partial charge in [0, 0.05) is 23.9 Å². The van der Waals surface area contributed by atoms with Crippen LogP contribution < -0.4 is 5.32 Å². The Bertz CT molecular complexity index is 580. The molecular formula is C14H17N3OS2. The minimum absolute atomic E-state index is 0.145. The highest BCUT2D eigenvalue weighted by Gasteiger charge is 2.11. The van der Waals surface area contributed by atoms with Crippen molar-refractivity contribution in [3.8, 4) is 0 Å². The van der Waals surface area contributed by atoms with Crippen LogP contribution in [0.1, 0.15) is 11.3 Å². The molecule has 0 radical (unpaired) electrons. The number of urea groups is 1. The lowest BCUT2D eigenvalue weighted by atomic mass is 10.2. The van der Waals surface area contributed by atoms with Crippen LogP contribution in [0.15, 0.2) is 34.5 Å². The molecule has 2 amide bonds. The normalized spacial score (nSPS) is 10.3. The van der Waals surface area contributed by atoms with Crippen molar-refractivity contribution in [2.75, 3.05) is 18.6 Å². The van der Waals surface area contributed by atoms with Crippen LogP contribution in [0.5, 0.6) is 0 Å². The average Bonchev–Trinajstić information content (AvgIpc) is 2.85. The van der Waals surface area contributed by atoms with Crippen LogP contribution in [0, 0.1) is 6.92 Å². The predicted molar refractivity (Wildman–Crippen MR) is 85.6 cm³/mol. The van der Waals surface area contributed by atoms with Gasteiger partial charge in [-0.3, -0.25) is 5.32 Å². The van der Waals surface area contributed by atoms with Gasteiger partial charge in [0.05, 0.1) is 5.69 Å². The van der Waals surface area contributed by atoms with Crippen LogP contribution in [0.4, 0.5) is 9.93 Å². The van der Waals surface area contributed by atoms with Crippen molar-refractivity contribution in [1.29, 1.82) is 0 Å². The minimum Gasteiger partial charge on any atom is -0.323 e. The summed E-state index contributed by atoms with van der Waals surface area (Å²) in [5.41, 5.74) is 2.02. The van der Waals surface area contributed by atoms with Crippen LogP contribution >= 0.6 is 23.1 Å². The van der Waals surface area contributed by atoms with E-state index in [4.69, 9.17) is 0 Å². The zero-order valence-electron chi connectivity index (χ0n) is 11.7. The standard InChI is InChI=1S/C14H17N3OS2/c1-10-9-20-13(15-10)16-14(18)17(2)8-11-4-6-12(19-3)7-5-11/h4-7,9H,8H2,1-3H3,(H,15,16,18). The second-order valence-electron chi connectivity index (χ2n) is 4.43. The molecule has 1 aromatic heterocycles. The molecule has 106 valence electrons. The molecule has 0 saturated heterocycles. The third-order valence-corrected chi connectivity index (χ3v) is 4.38. The zero-order valence-corrected chi connectivity index (χ0v) is 13.3. The third kappa shape index (κ3) is 3.98. The molecule has 0 aliphatic heterocycles. The maximum atomic E-state index is 12.0. The van der Waals surface area contributed by atoms with E-state index in [0.29, 0.717) is 11.7 Å². The molecule has 0 spiro atoms. The summed E-state index contributed by atoms with van der Waals surface area (Å²) in [6.45, 7) is 2.48. The van der Waals surface area contributed by atoms with Gasteiger partial charge in [-0.05, 0) is 30.9 Å². The Labute approximate surface area is 127 Å². The number of thiazole rings is 1. The summed E-state index contributed by atoms with van der Waals surface area (Å²) < 4.78 is 0. The van der Waals surface area contributed by atoms with Gasteiger partial charge in [-0.1, -0.05) is 12.1 Å². The highest BCUT2D eigenvalue weighted by molar-refractivity contribution is 7.98. The van der Waals surface area contributed by atoms with Crippen LogP contribution in [0.2, 0.25) is 0 Å². The van der Waals surface area contributed by atoms with Gasteiger partial charge in [-0.2, -0.15) is 0 Å². The fourth-order valence-corrected chi connectivity index (χ4v) is 2.76. The number of rotatable bonds is 4. The van der Waals surface area contributed by atoms with Crippen molar-refractivity contribution in [3.63, 3.8) is 0 Å². The molecule has 2 rings (SSSR count). The summed E-state index contributed by atoms with van der Waals surface area (Å²) in [6.07, 6.45) is 2.05. The summed E-state index contributed by atoms with van der Waals surface area (Å²) in [5, 5.41) is 5.35. The van der Waals surface area contributed by atoms with Gasteiger partial charge in [0.1, 0.15) is 0 Å². The highest BCUT2D eigenvalue weighted by atomic mass is 32.2. The lowest BCUT2D eigenvalue weighted by molar-refractivity contribution is 0.220. The van der Waals surface area contributed by atoms with Crippen LogP contribution in [-0.4, -0.2) is 29.2 Å². The Balaban J connectivity index is 1.92. The molecule has 1 aromatic carbocycles. The van der Waals surface area contributed by atoms with Gasteiger partial charge in [0.2, 0.25) is 0 Å². The lowest BCUT2D eigenvalue weighted by Crippen LogP contribution is -2.30. The summed E-state index contributed by atoms with van der Waals surface area (Å²) in [5.74, 6) is 0. The first kappa shape index (κ1) is 14.9. The van der Waals surface area contributed by atoms with E-state index in [1.807, 2.05) is 30.7 Å². The summed E-state index contributed by atoms with van der Waals surface area (Å²) in [6, 6.07) is 8.08. The zero-order chi connectivity index (χ0) is 14.5. The number of nitrogens with zero attached hydrogens (tertiary/aromatic N) is 2. The molecule has 0 fully saturated rings. The minimum atomic E-state index is -0.145. The smallest absolute Gasteiger partial charge is 0.323 e. The van der Waals surface area contributed by atoms with Gasteiger partial charge in [-0.25, -0.2) is 9.78 Å². The van der Waals surface area contributed by atoms with Gasteiger partial charge >= 0.3 is 6.03 Å². The Kier molecular flexibility index (Phi) is 5.03. The molecule has 20 heavy (non-hydrogen) atoms. The van der Waals surface area contributed by atoms with Crippen molar-refractivity contribution >= 4 is 34.3 Å². The monoisotopic (exact) mass is 307 g/mol. The SMILES string of the molecule is CSc1ccc(CN(C)C(=O)Nc2nc(C)cs2)cc1. The fourth-order valence-electron chi connectivity index (χ4n) is 1.67. The van der Waals surface area contributed by atoms with E-state index in [9.17, 15) is 4.79 Å². The van der Waals surface area contributed by atoms with E-state index in [0.717, 1.165) is 11.3 Å². The summed E-state index contributed by atoms with van der Waals surface area (Å²) in [7, 11) is 1.78. The summed E-state index contributed by atoms with van der Waals surface area (Å²) >= 11 is 3.14. The van der Waals surface area contributed by atoms with Gasteiger partial charge < -0.3 is 4.90 Å². The second-order valence-corrected chi connectivity index (χ2v) is 6.17. The number of aromatic nitrogens is 1. The molecule has 4 nitrogen and oxygen atoms in total. The first-order valence-electron chi connectivity index (χ1n) is 6.15. The van der Waals surface area contributed by atoms with E-state index < -0.39 is 0 Å². The fraction of sp³-hybridized carbons (Fsp3) is 0.286. The highest BCUT2D eigenvalue weighted by Crippen LogP contribution is 2.17. The van der Waals surface area contributed by atoms with E-state index in [1.54, 1.807) is 23.7 Å². The first-order valence-corrected chi connectivity index (χ1v) is 8.26. The molecule has 0 bridgehead atoms. The van der Waals surface area contributed by atoms with Crippen molar-refractivity contribution in [1.82, 2.24) is 9.88 Å². The van der Waals surface area contributed by atoms with Gasteiger partial charge in [0.15, 0.2) is 5.13 Å². The molecule has 0 aliphatic rings. The van der Waals surface area contributed by atoms with Crippen molar-refractivity contribution < 1.29 is 4.79 Å². The third-order valence-electron chi connectivity index (χ3n) is 2.76. The number of carbonyl (C=O) groups excluding carboxylic acids is 1. The van der Waals surface area contributed by atoms with Crippen molar-refractivity contribution in [2.24, 2.45) is 0 Å². The van der Waals surface area contributed by atoms with E-state index in [1.165, 1.54) is 16.2 Å². The Morgan fingerprint density at radius 1 is 1.40 bits per heavy atom.